The van der Waals surface area contributed by atoms with E-state index >= 15 is 0 Å². The Morgan fingerprint density at radius 1 is 1.42 bits per heavy atom. The third-order valence-corrected chi connectivity index (χ3v) is 2.87. The lowest BCUT2D eigenvalue weighted by molar-refractivity contribution is -0.130. The number of carbonyl (C=O) groups excluding carboxylic acids is 2. The first-order chi connectivity index (χ1) is 9.04. The number of rotatable bonds is 7. The van der Waals surface area contributed by atoms with Gasteiger partial charge in [-0.1, -0.05) is 29.8 Å². The van der Waals surface area contributed by atoms with Crippen molar-refractivity contribution in [1.82, 2.24) is 5.32 Å². The fourth-order valence-corrected chi connectivity index (χ4v) is 1.75. The van der Waals surface area contributed by atoms with Gasteiger partial charge in [0.05, 0.1) is 0 Å². The monoisotopic (exact) mass is 284 g/mol. The van der Waals surface area contributed by atoms with Crippen LogP contribution in [0.1, 0.15) is 12.5 Å². The molecule has 0 saturated carbocycles. The molecule has 0 aliphatic carbocycles. The molecule has 1 rings (SSSR count). The fourth-order valence-electron chi connectivity index (χ4n) is 1.54. The van der Waals surface area contributed by atoms with Crippen molar-refractivity contribution in [3.63, 3.8) is 0 Å². The zero-order valence-electron chi connectivity index (χ0n) is 10.7. The van der Waals surface area contributed by atoms with E-state index in [1.54, 1.807) is 31.2 Å². The number of halogens is 1. The lowest BCUT2D eigenvalue weighted by atomic mass is 10.1. The molecule has 0 fully saturated rings. The first kappa shape index (κ1) is 15.5. The second-order valence-electron chi connectivity index (χ2n) is 3.96. The molecule has 1 aromatic carbocycles. The van der Waals surface area contributed by atoms with E-state index in [-0.39, 0.29) is 18.9 Å². The van der Waals surface area contributed by atoms with E-state index in [2.05, 4.69) is 5.32 Å². The molecule has 0 aliphatic rings. The van der Waals surface area contributed by atoms with E-state index in [0.29, 0.717) is 11.6 Å². The van der Waals surface area contributed by atoms with Gasteiger partial charge in [-0.05, 0) is 18.6 Å². The van der Waals surface area contributed by atoms with E-state index < -0.39 is 11.9 Å². The number of benzene rings is 1. The topological polar surface area (TPSA) is 81.4 Å². The van der Waals surface area contributed by atoms with Crippen molar-refractivity contribution < 1.29 is 14.3 Å². The van der Waals surface area contributed by atoms with Crippen LogP contribution in [0, 0.1) is 0 Å². The number of hydrogen-bond acceptors (Lipinski definition) is 3. The quantitative estimate of drug-likeness (QED) is 0.780. The molecule has 104 valence electrons. The molecule has 19 heavy (non-hydrogen) atoms. The molecule has 3 N–H and O–H groups in total. The van der Waals surface area contributed by atoms with Gasteiger partial charge in [0.15, 0.2) is 0 Å². The summed E-state index contributed by atoms with van der Waals surface area (Å²) in [5.74, 6) is -0.984. The Balaban J connectivity index is 2.66. The Labute approximate surface area is 117 Å². The predicted octanol–water partition coefficient (Wildman–Crippen LogP) is 0.889. The van der Waals surface area contributed by atoms with E-state index in [9.17, 15) is 9.59 Å². The molecule has 0 unspecified atom stereocenters. The zero-order valence-corrected chi connectivity index (χ0v) is 11.4. The Hall–Kier alpha value is -1.59. The maximum absolute atomic E-state index is 11.5. The molecule has 0 spiro atoms. The normalized spacial score (nSPS) is 11.9. The second kappa shape index (κ2) is 7.76. The van der Waals surface area contributed by atoms with Crippen LogP contribution in [0.4, 0.5) is 0 Å². The highest BCUT2D eigenvalue weighted by molar-refractivity contribution is 6.31. The van der Waals surface area contributed by atoms with Gasteiger partial charge in [0.25, 0.3) is 0 Å². The standard InChI is InChI=1S/C13H17ClN2O3/c1-2-19-8-12(17)16-11(13(15)18)7-9-5-3-4-6-10(9)14/h3-6,11H,2,7-8H2,1H3,(H2,15,18)(H,16,17)/t11-/m0/s1. The van der Waals surface area contributed by atoms with Crippen LogP contribution in [0.2, 0.25) is 5.02 Å². The van der Waals surface area contributed by atoms with Crippen LogP contribution >= 0.6 is 11.6 Å². The summed E-state index contributed by atoms with van der Waals surface area (Å²) in [7, 11) is 0. The molecule has 6 heteroatoms. The van der Waals surface area contributed by atoms with Crippen LogP contribution < -0.4 is 11.1 Å². The van der Waals surface area contributed by atoms with Gasteiger partial charge in [-0.15, -0.1) is 0 Å². The molecule has 5 nitrogen and oxygen atoms in total. The van der Waals surface area contributed by atoms with E-state index in [4.69, 9.17) is 22.1 Å². The van der Waals surface area contributed by atoms with Crippen LogP contribution in [0.5, 0.6) is 0 Å². The number of nitrogens with two attached hydrogens (primary N) is 1. The van der Waals surface area contributed by atoms with Crippen molar-refractivity contribution >= 4 is 23.4 Å². The summed E-state index contributed by atoms with van der Waals surface area (Å²) < 4.78 is 4.96. The number of hydrogen-bond donors (Lipinski definition) is 2. The fraction of sp³-hybridized carbons (Fsp3) is 0.385. The molecule has 0 saturated heterocycles. The Kier molecular flexibility index (Phi) is 6.32. The van der Waals surface area contributed by atoms with Gasteiger partial charge in [-0.25, -0.2) is 0 Å². The van der Waals surface area contributed by atoms with Crippen LogP contribution in [0.3, 0.4) is 0 Å². The molecular formula is C13H17ClN2O3. The van der Waals surface area contributed by atoms with Gasteiger partial charge < -0.3 is 15.8 Å². The van der Waals surface area contributed by atoms with Crippen molar-refractivity contribution in [2.24, 2.45) is 5.73 Å². The molecule has 2 amide bonds. The third-order valence-electron chi connectivity index (χ3n) is 2.50. The number of nitrogens with one attached hydrogen (secondary N) is 1. The van der Waals surface area contributed by atoms with Gasteiger partial charge >= 0.3 is 0 Å². The predicted molar refractivity (Wildman–Crippen MR) is 72.8 cm³/mol. The molecule has 0 aliphatic heterocycles. The van der Waals surface area contributed by atoms with Gasteiger partial charge in [0, 0.05) is 18.1 Å². The average Bonchev–Trinajstić information content (AvgIpc) is 2.38. The van der Waals surface area contributed by atoms with E-state index in [1.165, 1.54) is 0 Å². The number of primary amides is 1. The maximum atomic E-state index is 11.5. The summed E-state index contributed by atoms with van der Waals surface area (Å²) in [6.45, 7) is 2.12. The lowest BCUT2D eigenvalue weighted by Crippen LogP contribution is -2.47. The van der Waals surface area contributed by atoms with Crippen molar-refractivity contribution in [1.29, 1.82) is 0 Å². The zero-order chi connectivity index (χ0) is 14.3. The van der Waals surface area contributed by atoms with Crippen molar-refractivity contribution in [2.75, 3.05) is 13.2 Å². The van der Waals surface area contributed by atoms with Gasteiger partial charge in [-0.2, -0.15) is 0 Å². The smallest absolute Gasteiger partial charge is 0.246 e. The average molecular weight is 285 g/mol. The molecule has 1 aromatic rings. The molecule has 1 atom stereocenters. The molecular weight excluding hydrogens is 268 g/mol. The van der Waals surface area contributed by atoms with E-state index in [0.717, 1.165) is 5.56 Å². The molecule has 0 heterocycles. The van der Waals surface area contributed by atoms with Crippen LogP contribution in [-0.4, -0.2) is 31.1 Å². The first-order valence-corrected chi connectivity index (χ1v) is 6.32. The van der Waals surface area contributed by atoms with Gasteiger partial charge in [0.2, 0.25) is 11.8 Å². The Morgan fingerprint density at radius 2 is 2.11 bits per heavy atom. The maximum Gasteiger partial charge on any atom is 0.246 e. The number of amides is 2. The first-order valence-electron chi connectivity index (χ1n) is 5.94. The molecule has 0 radical (unpaired) electrons. The van der Waals surface area contributed by atoms with Gasteiger partial charge in [0.1, 0.15) is 12.6 Å². The summed E-state index contributed by atoms with van der Waals surface area (Å²) in [6.07, 6.45) is 0.257. The summed E-state index contributed by atoms with van der Waals surface area (Å²) in [4.78, 5) is 22.9. The largest absolute Gasteiger partial charge is 0.372 e. The third kappa shape index (κ3) is 5.28. The number of carbonyl (C=O) groups is 2. The summed E-state index contributed by atoms with van der Waals surface area (Å²) >= 11 is 6.00. The SMILES string of the molecule is CCOCC(=O)N[C@@H](Cc1ccccc1Cl)C(N)=O. The highest BCUT2D eigenvalue weighted by Crippen LogP contribution is 2.16. The Bertz CT molecular complexity index is 451. The molecule has 0 bridgehead atoms. The van der Waals surface area contributed by atoms with Crippen molar-refractivity contribution in [3.05, 3.63) is 34.9 Å². The van der Waals surface area contributed by atoms with Crippen LogP contribution in [0.25, 0.3) is 0 Å². The minimum Gasteiger partial charge on any atom is -0.372 e. The number of ether oxygens (including phenoxy) is 1. The lowest BCUT2D eigenvalue weighted by Gasteiger charge is -2.16. The van der Waals surface area contributed by atoms with E-state index in [1.807, 2.05) is 0 Å². The van der Waals surface area contributed by atoms with Crippen LogP contribution in [-0.2, 0) is 20.7 Å². The minimum atomic E-state index is -0.798. The van der Waals surface area contributed by atoms with Gasteiger partial charge in [-0.3, -0.25) is 9.59 Å². The summed E-state index contributed by atoms with van der Waals surface area (Å²) in [5, 5.41) is 3.06. The minimum absolute atomic E-state index is 0.0944. The highest BCUT2D eigenvalue weighted by Gasteiger charge is 2.19. The molecule has 0 aromatic heterocycles. The van der Waals surface area contributed by atoms with Crippen molar-refractivity contribution in [3.8, 4) is 0 Å². The summed E-state index contributed by atoms with van der Waals surface area (Å²) in [5.41, 5.74) is 6.03. The van der Waals surface area contributed by atoms with Crippen LogP contribution in [0.15, 0.2) is 24.3 Å². The highest BCUT2D eigenvalue weighted by atomic mass is 35.5. The van der Waals surface area contributed by atoms with Crippen molar-refractivity contribution in [2.45, 2.75) is 19.4 Å². The second-order valence-corrected chi connectivity index (χ2v) is 4.36. The Morgan fingerprint density at radius 3 is 2.68 bits per heavy atom. The summed E-state index contributed by atoms with van der Waals surface area (Å²) in [6, 6.07) is 6.30.